The minimum absolute atomic E-state index is 1.24. The predicted molar refractivity (Wildman–Crippen MR) is 155 cm³/mol. The highest BCUT2D eigenvalue weighted by atomic mass is 14.2. The van der Waals surface area contributed by atoms with E-state index in [-0.39, 0.29) is 0 Å². The molecule has 0 unspecified atom stereocenters. The molecule has 0 saturated heterocycles. The molecular formula is C36H24. The fraction of sp³-hybridized carbons (Fsp3) is 0. The molecule has 0 atom stereocenters. The minimum Gasteiger partial charge on any atom is -0.0622 e. The molecule has 0 aliphatic rings. The Balaban J connectivity index is 1.62. The fourth-order valence-corrected chi connectivity index (χ4v) is 5.72. The van der Waals surface area contributed by atoms with Crippen LogP contribution in [0.3, 0.4) is 0 Å². The molecule has 0 aliphatic carbocycles. The number of rotatable bonds is 3. The molecule has 0 spiro atoms. The average Bonchev–Trinajstić information content (AvgIpc) is 2.96. The molecule has 7 rings (SSSR count). The molecule has 0 aromatic heterocycles. The molecular weight excluding hydrogens is 432 g/mol. The van der Waals surface area contributed by atoms with Gasteiger partial charge in [-0.3, -0.25) is 0 Å². The number of hydrogen-bond donors (Lipinski definition) is 0. The second kappa shape index (κ2) is 8.52. The van der Waals surface area contributed by atoms with Gasteiger partial charge in [-0.1, -0.05) is 146 Å². The van der Waals surface area contributed by atoms with Gasteiger partial charge in [0, 0.05) is 0 Å². The van der Waals surface area contributed by atoms with Gasteiger partial charge >= 0.3 is 0 Å². The molecule has 0 heteroatoms. The molecule has 7 aromatic rings. The molecule has 7 aromatic carbocycles. The third kappa shape index (κ3) is 3.23. The molecule has 0 fully saturated rings. The van der Waals surface area contributed by atoms with E-state index in [1.807, 2.05) is 0 Å². The highest BCUT2D eigenvalue weighted by Gasteiger charge is 2.18. The van der Waals surface area contributed by atoms with Gasteiger partial charge in [0.15, 0.2) is 0 Å². The Morgan fingerprint density at radius 3 is 1.11 bits per heavy atom. The van der Waals surface area contributed by atoms with Crippen molar-refractivity contribution in [3.05, 3.63) is 146 Å². The van der Waals surface area contributed by atoms with Gasteiger partial charge in [-0.05, 0) is 65.7 Å². The van der Waals surface area contributed by atoms with Gasteiger partial charge in [0.1, 0.15) is 0 Å². The van der Waals surface area contributed by atoms with E-state index in [4.69, 9.17) is 0 Å². The second-order valence-corrected chi connectivity index (χ2v) is 9.28. The van der Waals surface area contributed by atoms with Crippen LogP contribution < -0.4 is 0 Å². The Morgan fingerprint density at radius 2 is 0.583 bits per heavy atom. The largest absolute Gasteiger partial charge is 0.0622 e. The minimum atomic E-state index is 1.24. The van der Waals surface area contributed by atoms with Crippen LogP contribution in [-0.4, -0.2) is 0 Å². The maximum absolute atomic E-state index is 2.32. The average molecular weight is 457 g/mol. The third-order valence-corrected chi connectivity index (χ3v) is 7.27. The van der Waals surface area contributed by atoms with Crippen LogP contribution in [0.15, 0.2) is 146 Å². The van der Waals surface area contributed by atoms with E-state index in [2.05, 4.69) is 146 Å². The maximum atomic E-state index is 2.32. The van der Waals surface area contributed by atoms with Gasteiger partial charge < -0.3 is 0 Å². The van der Waals surface area contributed by atoms with Gasteiger partial charge in [-0.2, -0.15) is 0 Å². The van der Waals surface area contributed by atoms with Crippen LogP contribution in [0.4, 0.5) is 0 Å². The SMILES string of the molecule is c1ccc(-c2ccc(-c3c4ccccc4c(-c4ccccc4)c4ccccc34)c3ccccc23)cc1. The summed E-state index contributed by atoms with van der Waals surface area (Å²) in [4.78, 5) is 0. The van der Waals surface area contributed by atoms with Crippen molar-refractivity contribution in [2.24, 2.45) is 0 Å². The second-order valence-electron chi connectivity index (χ2n) is 9.28. The summed E-state index contributed by atoms with van der Waals surface area (Å²) in [5, 5.41) is 7.70. The van der Waals surface area contributed by atoms with Crippen LogP contribution in [-0.2, 0) is 0 Å². The third-order valence-electron chi connectivity index (χ3n) is 7.27. The smallest absolute Gasteiger partial charge is 0.00201 e. The topological polar surface area (TPSA) is 0 Å². The summed E-state index contributed by atoms with van der Waals surface area (Å²) in [6.45, 7) is 0. The van der Waals surface area contributed by atoms with Crippen molar-refractivity contribution in [3.63, 3.8) is 0 Å². The molecule has 0 saturated carbocycles. The number of hydrogen-bond acceptors (Lipinski definition) is 0. The molecule has 0 aliphatic heterocycles. The molecule has 0 nitrogen and oxygen atoms in total. The summed E-state index contributed by atoms with van der Waals surface area (Å²) in [6.07, 6.45) is 0. The lowest BCUT2D eigenvalue weighted by molar-refractivity contribution is 1.64. The summed E-state index contributed by atoms with van der Waals surface area (Å²) in [5.74, 6) is 0. The summed E-state index contributed by atoms with van der Waals surface area (Å²) in [7, 11) is 0. The van der Waals surface area contributed by atoms with Crippen LogP contribution in [0.5, 0.6) is 0 Å². The van der Waals surface area contributed by atoms with E-state index in [1.54, 1.807) is 0 Å². The van der Waals surface area contributed by atoms with Crippen molar-refractivity contribution in [3.8, 4) is 33.4 Å². The lowest BCUT2D eigenvalue weighted by Gasteiger charge is -2.19. The first-order valence-electron chi connectivity index (χ1n) is 12.5. The Bertz CT molecular complexity index is 1810. The van der Waals surface area contributed by atoms with Crippen molar-refractivity contribution >= 4 is 32.3 Å². The first-order valence-corrected chi connectivity index (χ1v) is 12.5. The summed E-state index contributed by atoms with van der Waals surface area (Å²) >= 11 is 0. The monoisotopic (exact) mass is 456 g/mol. The van der Waals surface area contributed by atoms with Gasteiger partial charge in [-0.25, -0.2) is 0 Å². The van der Waals surface area contributed by atoms with Gasteiger partial charge in [0.05, 0.1) is 0 Å². The Morgan fingerprint density at radius 1 is 0.222 bits per heavy atom. The zero-order chi connectivity index (χ0) is 23.9. The molecule has 0 heterocycles. The molecule has 0 amide bonds. The van der Waals surface area contributed by atoms with Gasteiger partial charge in [0.2, 0.25) is 0 Å². The first kappa shape index (κ1) is 20.7. The van der Waals surface area contributed by atoms with E-state index in [0.717, 1.165) is 0 Å². The molecule has 0 radical (unpaired) electrons. The lowest BCUT2D eigenvalue weighted by atomic mass is 9.84. The maximum Gasteiger partial charge on any atom is -0.00201 e. The molecule has 0 bridgehead atoms. The van der Waals surface area contributed by atoms with Crippen molar-refractivity contribution in [1.82, 2.24) is 0 Å². The van der Waals surface area contributed by atoms with Crippen LogP contribution in [0.25, 0.3) is 65.7 Å². The highest BCUT2D eigenvalue weighted by molar-refractivity contribution is 6.24. The summed E-state index contributed by atoms with van der Waals surface area (Å²) in [6, 6.07) is 52.7. The zero-order valence-corrected chi connectivity index (χ0v) is 19.9. The fourth-order valence-electron chi connectivity index (χ4n) is 5.72. The quantitative estimate of drug-likeness (QED) is 0.232. The lowest BCUT2D eigenvalue weighted by Crippen LogP contribution is -1.92. The van der Waals surface area contributed by atoms with Crippen LogP contribution >= 0.6 is 0 Å². The van der Waals surface area contributed by atoms with E-state index in [9.17, 15) is 0 Å². The van der Waals surface area contributed by atoms with Crippen LogP contribution in [0.1, 0.15) is 0 Å². The van der Waals surface area contributed by atoms with E-state index >= 15 is 0 Å². The van der Waals surface area contributed by atoms with Gasteiger partial charge in [0.25, 0.3) is 0 Å². The number of fused-ring (bicyclic) bond motifs is 3. The highest BCUT2D eigenvalue weighted by Crippen LogP contribution is 2.46. The zero-order valence-electron chi connectivity index (χ0n) is 19.9. The van der Waals surface area contributed by atoms with Crippen molar-refractivity contribution in [1.29, 1.82) is 0 Å². The number of benzene rings is 7. The van der Waals surface area contributed by atoms with Crippen LogP contribution in [0, 0.1) is 0 Å². The standard InChI is InChI=1S/C36H24/c1-3-13-25(14-4-1)27-23-24-34(29-18-8-7-17-28(27)29)36-32-21-11-9-19-30(32)35(26-15-5-2-6-16-26)31-20-10-12-22-33(31)36/h1-24H. The molecule has 0 N–H and O–H groups in total. The summed E-state index contributed by atoms with van der Waals surface area (Å²) in [5.41, 5.74) is 7.64. The normalized spacial score (nSPS) is 11.3. The first-order chi connectivity index (χ1) is 17.9. The van der Waals surface area contributed by atoms with E-state index < -0.39 is 0 Å². The molecule has 168 valence electrons. The van der Waals surface area contributed by atoms with Crippen LogP contribution in [0.2, 0.25) is 0 Å². The van der Waals surface area contributed by atoms with Crippen molar-refractivity contribution < 1.29 is 0 Å². The summed E-state index contributed by atoms with van der Waals surface area (Å²) < 4.78 is 0. The Hall–Kier alpha value is -4.68. The van der Waals surface area contributed by atoms with Crippen molar-refractivity contribution in [2.45, 2.75) is 0 Å². The van der Waals surface area contributed by atoms with E-state index in [0.29, 0.717) is 0 Å². The Labute approximate surface area is 211 Å². The predicted octanol–water partition coefficient (Wildman–Crippen LogP) is 10.1. The van der Waals surface area contributed by atoms with Crippen molar-refractivity contribution in [2.75, 3.05) is 0 Å². The Kier molecular flexibility index (Phi) is 4.89. The van der Waals surface area contributed by atoms with E-state index in [1.165, 1.54) is 65.7 Å². The van der Waals surface area contributed by atoms with Gasteiger partial charge in [-0.15, -0.1) is 0 Å². The molecule has 36 heavy (non-hydrogen) atoms.